The highest BCUT2D eigenvalue weighted by Crippen LogP contribution is 2.36. The van der Waals surface area contributed by atoms with Crippen LogP contribution in [-0.4, -0.2) is 53.3 Å². The Balaban J connectivity index is 0.000000333. The summed E-state index contributed by atoms with van der Waals surface area (Å²) in [5, 5.41) is 0.132. The van der Waals surface area contributed by atoms with E-state index < -0.39 is 16.7 Å². The molecule has 9 heteroatoms. The molecule has 0 N–H and O–H groups in total. The predicted molar refractivity (Wildman–Crippen MR) is 97.3 cm³/mol. The molecule has 0 fully saturated rings. The molecule has 0 saturated heterocycles. The third kappa shape index (κ3) is 7.13. The topological polar surface area (TPSA) is 46.1 Å². The molecule has 0 amide bonds. The van der Waals surface area contributed by atoms with Gasteiger partial charge in [0.1, 0.15) is 5.01 Å². The summed E-state index contributed by atoms with van der Waals surface area (Å²) in [6.45, 7) is 4.57. The lowest BCUT2D eigenvalue weighted by Crippen LogP contribution is -2.20. The van der Waals surface area contributed by atoms with Gasteiger partial charge in [-0.15, -0.1) is 11.3 Å². The van der Waals surface area contributed by atoms with Gasteiger partial charge in [-0.1, -0.05) is 6.92 Å². The van der Waals surface area contributed by atoms with E-state index in [1.165, 1.54) is 31.2 Å². The van der Waals surface area contributed by atoms with E-state index in [1.54, 1.807) is 12.1 Å². The molecule has 0 radical (unpaired) electrons. The van der Waals surface area contributed by atoms with E-state index in [4.69, 9.17) is 0 Å². The number of aromatic nitrogens is 2. The zero-order chi connectivity index (χ0) is 18.9. The van der Waals surface area contributed by atoms with Crippen LogP contribution in [0.1, 0.15) is 22.3 Å². The zero-order valence-electron chi connectivity index (χ0n) is 14.2. The Bertz CT molecular complexity index is 648. The summed E-state index contributed by atoms with van der Waals surface area (Å²) >= 11 is 2.60. The minimum absolute atomic E-state index is 0.132. The van der Waals surface area contributed by atoms with Gasteiger partial charge < -0.3 is 4.90 Å². The van der Waals surface area contributed by atoms with Gasteiger partial charge in [0, 0.05) is 30.3 Å². The Kier molecular flexibility index (Phi) is 9.09. The van der Waals surface area contributed by atoms with Gasteiger partial charge in [-0.05, 0) is 32.0 Å². The molecule has 2 rings (SSSR count). The number of rotatable bonds is 6. The van der Waals surface area contributed by atoms with E-state index in [0.717, 1.165) is 0 Å². The highest BCUT2D eigenvalue weighted by molar-refractivity contribution is 7.98. The first kappa shape index (κ1) is 21.6. The fourth-order valence-electron chi connectivity index (χ4n) is 1.63. The van der Waals surface area contributed by atoms with E-state index >= 15 is 0 Å². The number of aldehydes is 1. The quantitative estimate of drug-likeness (QED) is 0.686. The van der Waals surface area contributed by atoms with Crippen LogP contribution in [-0.2, 0) is 6.18 Å². The molecular formula is C16H20F3N3OS2. The minimum atomic E-state index is -4.62. The molecule has 25 heavy (non-hydrogen) atoms. The molecule has 0 spiro atoms. The highest BCUT2D eigenvalue weighted by Gasteiger charge is 2.37. The maximum absolute atomic E-state index is 12.5. The van der Waals surface area contributed by atoms with E-state index in [2.05, 4.69) is 35.1 Å². The number of alkyl halides is 3. The van der Waals surface area contributed by atoms with Gasteiger partial charge in [0.05, 0.1) is 4.88 Å². The standard InChI is InChI=1S/C10H5F3N2OS.C6H15NS/c11-10(12,13)8-7(5-16)17-9(15-8)6-2-1-3-14-4-6;1-4-7(2)5-6-8-3/h1-5H;4-6H2,1-3H3. The third-order valence-electron chi connectivity index (χ3n) is 3.15. The number of hydrogen-bond donors (Lipinski definition) is 0. The van der Waals surface area contributed by atoms with Crippen molar-refractivity contribution < 1.29 is 18.0 Å². The summed E-state index contributed by atoms with van der Waals surface area (Å²) < 4.78 is 37.6. The number of thioether (sulfide) groups is 1. The number of nitrogens with zero attached hydrogens (tertiary/aromatic N) is 3. The number of hydrogen-bond acceptors (Lipinski definition) is 6. The van der Waals surface area contributed by atoms with Crippen LogP contribution in [0.3, 0.4) is 0 Å². The predicted octanol–water partition coefficient (Wildman–Crippen LogP) is 4.34. The molecule has 0 atom stereocenters. The SMILES string of the molecule is CCN(C)CCSC.O=Cc1sc(-c2cccnc2)nc1C(F)(F)F. The van der Waals surface area contributed by atoms with E-state index in [9.17, 15) is 18.0 Å². The van der Waals surface area contributed by atoms with Gasteiger partial charge in [0.25, 0.3) is 0 Å². The smallest absolute Gasteiger partial charge is 0.306 e. The van der Waals surface area contributed by atoms with Crippen molar-refractivity contribution in [3.05, 3.63) is 35.1 Å². The Hall–Kier alpha value is -1.45. The van der Waals surface area contributed by atoms with Crippen molar-refractivity contribution >= 4 is 29.4 Å². The monoisotopic (exact) mass is 391 g/mol. The second-order valence-corrected chi connectivity index (χ2v) is 6.99. The van der Waals surface area contributed by atoms with Crippen LogP contribution in [0.2, 0.25) is 0 Å². The fourth-order valence-corrected chi connectivity index (χ4v) is 3.02. The van der Waals surface area contributed by atoms with Crippen molar-refractivity contribution in [1.29, 1.82) is 0 Å². The van der Waals surface area contributed by atoms with Crippen LogP contribution in [0, 0.1) is 0 Å². The highest BCUT2D eigenvalue weighted by atomic mass is 32.2. The maximum Gasteiger partial charge on any atom is 0.434 e. The average molecular weight is 391 g/mol. The average Bonchev–Trinajstić information content (AvgIpc) is 3.06. The first-order chi connectivity index (χ1) is 11.8. The van der Waals surface area contributed by atoms with Gasteiger partial charge in [0.15, 0.2) is 12.0 Å². The molecule has 0 saturated carbocycles. The molecule has 4 nitrogen and oxygen atoms in total. The Labute approximate surface area is 153 Å². The molecule has 0 aliphatic rings. The van der Waals surface area contributed by atoms with E-state index in [0.29, 0.717) is 16.9 Å². The lowest BCUT2D eigenvalue weighted by molar-refractivity contribution is -0.140. The zero-order valence-corrected chi connectivity index (χ0v) is 15.8. The van der Waals surface area contributed by atoms with Gasteiger partial charge in [0.2, 0.25) is 0 Å². The maximum atomic E-state index is 12.5. The molecule has 0 aliphatic carbocycles. The van der Waals surface area contributed by atoms with Gasteiger partial charge >= 0.3 is 6.18 Å². The molecule has 0 bridgehead atoms. The molecule has 0 aliphatic heterocycles. The number of carbonyl (C=O) groups excluding carboxylic acids is 1. The van der Waals surface area contributed by atoms with Crippen molar-refractivity contribution in [2.24, 2.45) is 0 Å². The summed E-state index contributed by atoms with van der Waals surface area (Å²) in [5.74, 6) is 1.25. The first-order valence-corrected chi connectivity index (χ1v) is 9.65. The van der Waals surface area contributed by atoms with E-state index in [-0.39, 0.29) is 11.3 Å². The molecule has 0 unspecified atom stereocenters. The van der Waals surface area contributed by atoms with Crippen LogP contribution < -0.4 is 0 Å². The van der Waals surface area contributed by atoms with Crippen molar-refractivity contribution in [1.82, 2.24) is 14.9 Å². The summed E-state index contributed by atoms with van der Waals surface area (Å²) in [6.07, 6.45) is 0.590. The van der Waals surface area contributed by atoms with Crippen molar-refractivity contribution in [2.75, 3.05) is 32.1 Å². The lowest BCUT2D eigenvalue weighted by atomic mass is 10.3. The Morgan fingerprint density at radius 3 is 2.56 bits per heavy atom. The molecular weight excluding hydrogens is 371 g/mol. The first-order valence-electron chi connectivity index (χ1n) is 7.44. The van der Waals surface area contributed by atoms with Gasteiger partial charge in [-0.25, -0.2) is 4.98 Å². The second-order valence-electron chi connectivity index (χ2n) is 4.98. The number of thiazole rings is 1. The molecule has 0 aromatic carbocycles. The molecule has 2 aromatic heterocycles. The van der Waals surface area contributed by atoms with Crippen LogP contribution in [0.25, 0.3) is 10.6 Å². The summed E-state index contributed by atoms with van der Waals surface area (Å²) in [6, 6.07) is 3.17. The number of carbonyl (C=O) groups is 1. The van der Waals surface area contributed by atoms with Crippen LogP contribution in [0.15, 0.2) is 24.5 Å². The summed E-state index contributed by atoms with van der Waals surface area (Å²) in [5.41, 5.74) is -0.688. The third-order valence-corrected chi connectivity index (χ3v) is 4.78. The molecule has 138 valence electrons. The second kappa shape index (κ2) is 10.5. The molecule has 2 aromatic rings. The fraction of sp³-hybridized carbons (Fsp3) is 0.438. The largest absolute Gasteiger partial charge is 0.434 e. The number of pyridine rings is 1. The molecule has 2 heterocycles. The van der Waals surface area contributed by atoms with Gasteiger partial charge in [-0.3, -0.25) is 9.78 Å². The Morgan fingerprint density at radius 2 is 2.12 bits per heavy atom. The van der Waals surface area contributed by atoms with E-state index in [1.807, 2.05) is 11.8 Å². The van der Waals surface area contributed by atoms with Crippen molar-refractivity contribution in [3.8, 4) is 10.6 Å². The normalized spacial score (nSPS) is 11.2. The summed E-state index contributed by atoms with van der Waals surface area (Å²) in [4.78, 5) is 19.7. The van der Waals surface area contributed by atoms with Gasteiger partial charge in [-0.2, -0.15) is 24.9 Å². The van der Waals surface area contributed by atoms with Crippen molar-refractivity contribution in [3.63, 3.8) is 0 Å². The minimum Gasteiger partial charge on any atom is -0.306 e. The lowest BCUT2D eigenvalue weighted by Gasteiger charge is -2.11. The summed E-state index contributed by atoms with van der Waals surface area (Å²) in [7, 11) is 2.15. The Morgan fingerprint density at radius 1 is 1.40 bits per heavy atom. The van der Waals surface area contributed by atoms with Crippen LogP contribution in [0.4, 0.5) is 13.2 Å². The van der Waals surface area contributed by atoms with Crippen molar-refractivity contribution in [2.45, 2.75) is 13.1 Å². The van der Waals surface area contributed by atoms with Crippen LogP contribution in [0.5, 0.6) is 0 Å². The van der Waals surface area contributed by atoms with Crippen LogP contribution >= 0.6 is 23.1 Å². The number of halogens is 3.